The minimum absolute atomic E-state index is 0.0136. The van der Waals surface area contributed by atoms with Crippen LogP contribution in [0.25, 0.3) is 0 Å². The Hall–Kier alpha value is -0.900. The van der Waals surface area contributed by atoms with Gasteiger partial charge in [-0.3, -0.25) is 14.5 Å². The lowest BCUT2D eigenvalue weighted by molar-refractivity contribution is -0.143. The van der Waals surface area contributed by atoms with Crippen LogP contribution in [-0.2, 0) is 9.59 Å². The van der Waals surface area contributed by atoms with Crippen LogP contribution in [0.1, 0.15) is 58.8 Å². The largest absolute Gasteiger partial charge is 0.393 e. The van der Waals surface area contributed by atoms with Crippen molar-refractivity contribution in [2.75, 3.05) is 6.54 Å². The standard InChI is InChI=1S/C15H25NO3/c1-3-15(4-2)9-13(18)16(14(15)19)10-11-7-5-6-8-12(11)17/h11-12,17H,3-10H2,1-2H3. The molecule has 2 aliphatic rings. The van der Waals surface area contributed by atoms with E-state index in [0.717, 1.165) is 38.5 Å². The third kappa shape index (κ3) is 2.55. The van der Waals surface area contributed by atoms with Crippen LogP contribution in [-0.4, -0.2) is 34.5 Å². The van der Waals surface area contributed by atoms with E-state index in [4.69, 9.17) is 0 Å². The van der Waals surface area contributed by atoms with Crippen LogP contribution < -0.4 is 0 Å². The van der Waals surface area contributed by atoms with Crippen molar-refractivity contribution in [1.29, 1.82) is 0 Å². The van der Waals surface area contributed by atoms with Crippen LogP contribution in [0.2, 0.25) is 0 Å². The molecule has 2 amide bonds. The van der Waals surface area contributed by atoms with Gasteiger partial charge in [-0.25, -0.2) is 0 Å². The highest BCUT2D eigenvalue weighted by molar-refractivity contribution is 6.05. The summed E-state index contributed by atoms with van der Waals surface area (Å²) in [6.45, 7) is 4.38. The number of hydrogen-bond acceptors (Lipinski definition) is 3. The van der Waals surface area contributed by atoms with Gasteiger partial charge in [0.25, 0.3) is 0 Å². The molecule has 4 heteroatoms. The van der Waals surface area contributed by atoms with Gasteiger partial charge in [0, 0.05) is 18.9 Å². The zero-order valence-electron chi connectivity index (χ0n) is 12.0. The van der Waals surface area contributed by atoms with Crippen LogP contribution in [0.3, 0.4) is 0 Å². The zero-order valence-corrected chi connectivity index (χ0v) is 12.0. The van der Waals surface area contributed by atoms with E-state index >= 15 is 0 Å². The average molecular weight is 267 g/mol. The Balaban J connectivity index is 2.08. The zero-order chi connectivity index (χ0) is 14.0. The molecule has 2 rings (SSSR count). The van der Waals surface area contributed by atoms with Crippen molar-refractivity contribution in [3.05, 3.63) is 0 Å². The molecule has 2 fully saturated rings. The van der Waals surface area contributed by atoms with E-state index in [2.05, 4.69) is 0 Å². The predicted octanol–water partition coefficient (Wildman–Crippen LogP) is 2.10. The third-order valence-corrected chi connectivity index (χ3v) is 5.13. The maximum atomic E-state index is 12.5. The Morgan fingerprint density at radius 3 is 2.37 bits per heavy atom. The summed E-state index contributed by atoms with van der Waals surface area (Å²) in [5, 5.41) is 10.00. The number of rotatable bonds is 4. The van der Waals surface area contributed by atoms with Crippen molar-refractivity contribution in [3.63, 3.8) is 0 Å². The maximum Gasteiger partial charge on any atom is 0.235 e. The lowest BCUT2D eigenvalue weighted by atomic mass is 9.81. The molecule has 1 saturated carbocycles. The predicted molar refractivity (Wildman–Crippen MR) is 72.3 cm³/mol. The van der Waals surface area contributed by atoms with Gasteiger partial charge in [-0.05, 0) is 25.7 Å². The van der Waals surface area contributed by atoms with Gasteiger partial charge in [0.05, 0.1) is 11.5 Å². The fraction of sp³-hybridized carbons (Fsp3) is 0.867. The molecule has 1 aliphatic heterocycles. The normalized spacial score (nSPS) is 31.0. The Bertz CT molecular complexity index is 362. The molecule has 108 valence electrons. The van der Waals surface area contributed by atoms with Crippen molar-refractivity contribution in [2.24, 2.45) is 11.3 Å². The Kier molecular flexibility index (Phi) is 4.29. The van der Waals surface area contributed by atoms with Gasteiger partial charge in [0.15, 0.2) is 0 Å². The van der Waals surface area contributed by atoms with Crippen molar-refractivity contribution in [3.8, 4) is 0 Å². The molecule has 0 aromatic rings. The maximum absolute atomic E-state index is 12.5. The molecule has 0 spiro atoms. The van der Waals surface area contributed by atoms with Crippen molar-refractivity contribution in [2.45, 2.75) is 64.9 Å². The summed E-state index contributed by atoms with van der Waals surface area (Å²) in [5.41, 5.74) is -0.475. The first-order chi connectivity index (χ1) is 9.04. The van der Waals surface area contributed by atoms with Gasteiger partial charge in [-0.2, -0.15) is 0 Å². The highest BCUT2D eigenvalue weighted by Gasteiger charge is 2.49. The lowest BCUT2D eigenvalue weighted by Crippen LogP contribution is -2.42. The number of hydrogen-bond donors (Lipinski definition) is 1. The first-order valence-corrected chi connectivity index (χ1v) is 7.57. The smallest absolute Gasteiger partial charge is 0.235 e. The van der Waals surface area contributed by atoms with Crippen molar-refractivity contribution in [1.82, 2.24) is 4.90 Å². The van der Waals surface area contributed by atoms with E-state index in [1.54, 1.807) is 0 Å². The van der Waals surface area contributed by atoms with Crippen LogP contribution in [0, 0.1) is 11.3 Å². The molecule has 4 nitrogen and oxygen atoms in total. The SMILES string of the molecule is CCC1(CC)CC(=O)N(CC2CCCCC2O)C1=O. The number of amides is 2. The summed E-state index contributed by atoms with van der Waals surface area (Å²) in [6, 6.07) is 0. The molecule has 2 unspecified atom stereocenters. The average Bonchev–Trinajstić information content (AvgIpc) is 2.66. The van der Waals surface area contributed by atoms with Gasteiger partial charge in [0.1, 0.15) is 0 Å². The second-order valence-electron chi connectivity index (χ2n) is 6.09. The Morgan fingerprint density at radius 2 is 1.84 bits per heavy atom. The molecule has 2 atom stereocenters. The Labute approximate surface area is 115 Å². The second-order valence-corrected chi connectivity index (χ2v) is 6.09. The van der Waals surface area contributed by atoms with Crippen LogP contribution in [0.15, 0.2) is 0 Å². The first kappa shape index (κ1) is 14.5. The number of aliphatic hydroxyl groups excluding tert-OH is 1. The number of nitrogens with zero attached hydrogens (tertiary/aromatic N) is 1. The molecule has 0 radical (unpaired) electrons. The number of aliphatic hydroxyl groups is 1. The number of carbonyl (C=O) groups is 2. The van der Waals surface area contributed by atoms with E-state index < -0.39 is 5.41 Å². The summed E-state index contributed by atoms with van der Waals surface area (Å²) in [5.74, 6) is 0.0120. The first-order valence-electron chi connectivity index (χ1n) is 7.57. The summed E-state index contributed by atoms with van der Waals surface area (Å²) < 4.78 is 0. The molecule has 0 aromatic carbocycles. The molecule has 0 bridgehead atoms. The van der Waals surface area contributed by atoms with Crippen LogP contribution in [0.5, 0.6) is 0 Å². The van der Waals surface area contributed by atoms with Crippen LogP contribution in [0.4, 0.5) is 0 Å². The highest BCUT2D eigenvalue weighted by Crippen LogP contribution is 2.40. The fourth-order valence-corrected chi connectivity index (χ4v) is 3.48. The van der Waals surface area contributed by atoms with Gasteiger partial charge < -0.3 is 5.11 Å². The van der Waals surface area contributed by atoms with E-state index in [1.807, 2.05) is 13.8 Å². The van der Waals surface area contributed by atoms with Crippen molar-refractivity contribution < 1.29 is 14.7 Å². The van der Waals surface area contributed by atoms with E-state index in [-0.39, 0.29) is 23.8 Å². The van der Waals surface area contributed by atoms with Crippen molar-refractivity contribution >= 4 is 11.8 Å². The summed E-state index contributed by atoms with van der Waals surface area (Å²) in [7, 11) is 0. The van der Waals surface area contributed by atoms with Gasteiger partial charge in [-0.1, -0.05) is 26.7 Å². The van der Waals surface area contributed by atoms with E-state index in [9.17, 15) is 14.7 Å². The second kappa shape index (κ2) is 5.61. The van der Waals surface area contributed by atoms with E-state index in [1.165, 1.54) is 4.90 Å². The van der Waals surface area contributed by atoms with Gasteiger partial charge in [-0.15, -0.1) is 0 Å². The topological polar surface area (TPSA) is 57.6 Å². The minimum atomic E-state index is -0.475. The molecule has 1 N–H and O–H groups in total. The van der Waals surface area contributed by atoms with Gasteiger partial charge in [0.2, 0.25) is 11.8 Å². The molecular formula is C15H25NO3. The summed E-state index contributed by atoms with van der Waals surface area (Å²) >= 11 is 0. The molecule has 1 aliphatic carbocycles. The van der Waals surface area contributed by atoms with E-state index in [0.29, 0.717) is 13.0 Å². The summed E-state index contributed by atoms with van der Waals surface area (Å²) in [6.07, 6.45) is 5.29. The molecular weight excluding hydrogens is 242 g/mol. The number of imide groups is 1. The van der Waals surface area contributed by atoms with Gasteiger partial charge >= 0.3 is 0 Å². The molecule has 19 heavy (non-hydrogen) atoms. The minimum Gasteiger partial charge on any atom is -0.393 e. The Morgan fingerprint density at radius 1 is 1.21 bits per heavy atom. The molecule has 1 saturated heterocycles. The number of carbonyl (C=O) groups excluding carboxylic acids is 2. The lowest BCUT2D eigenvalue weighted by Gasteiger charge is -2.31. The quantitative estimate of drug-likeness (QED) is 0.794. The number of likely N-dealkylation sites (tertiary alicyclic amines) is 1. The highest BCUT2D eigenvalue weighted by atomic mass is 16.3. The third-order valence-electron chi connectivity index (χ3n) is 5.13. The molecule has 0 aromatic heterocycles. The summed E-state index contributed by atoms with van der Waals surface area (Å²) in [4.78, 5) is 26.0. The fourth-order valence-electron chi connectivity index (χ4n) is 3.48. The molecule has 1 heterocycles. The monoisotopic (exact) mass is 267 g/mol. The van der Waals surface area contributed by atoms with Crippen LogP contribution >= 0.6 is 0 Å².